The molecule has 1 N–H and O–H groups in total. The van der Waals surface area contributed by atoms with Crippen LogP contribution >= 0.6 is 0 Å². The molecule has 0 spiro atoms. The largest absolute Gasteiger partial charge is 0.383 e. The lowest BCUT2D eigenvalue weighted by Gasteiger charge is -2.27. The van der Waals surface area contributed by atoms with Gasteiger partial charge < -0.3 is 15.0 Å². The molecule has 2 rings (SSSR count). The molecule has 1 saturated carbocycles. The van der Waals surface area contributed by atoms with E-state index in [1.165, 1.54) is 12.8 Å². The molecule has 0 atom stereocenters. The monoisotopic (exact) mass is 264 g/mol. The second kappa shape index (κ2) is 6.82. The van der Waals surface area contributed by atoms with Crippen molar-refractivity contribution in [2.75, 3.05) is 25.2 Å². The fourth-order valence-electron chi connectivity index (χ4n) is 1.96. The minimum absolute atomic E-state index is 0.389. The Labute approximate surface area is 115 Å². The molecule has 0 amide bonds. The van der Waals surface area contributed by atoms with E-state index in [1.54, 1.807) is 7.11 Å². The smallest absolute Gasteiger partial charge is 0.151 e. The van der Waals surface area contributed by atoms with E-state index in [-0.39, 0.29) is 0 Å². The third kappa shape index (κ3) is 4.44. The highest BCUT2D eigenvalue weighted by atomic mass is 16.5. The van der Waals surface area contributed by atoms with Crippen molar-refractivity contribution in [1.29, 1.82) is 0 Å². The van der Waals surface area contributed by atoms with Crippen molar-refractivity contribution in [2.24, 2.45) is 0 Å². The van der Waals surface area contributed by atoms with Crippen LogP contribution in [0.25, 0.3) is 0 Å². The fraction of sp³-hybridized carbons (Fsp3) is 0.714. The maximum atomic E-state index is 5.14. The molecule has 5 heteroatoms. The second-order valence-electron chi connectivity index (χ2n) is 5.32. The highest BCUT2D eigenvalue weighted by Gasteiger charge is 2.20. The first kappa shape index (κ1) is 14.2. The van der Waals surface area contributed by atoms with Gasteiger partial charge in [0, 0.05) is 32.3 Å². The molecule has 1 heterocycles. The van der Waals surface area contributed by atoms with Gasteiger partial charge in [-0.15, -0.1) is 5.10 Å². The molecule has 0 unspecified atom stereocenters. The van der Waals surface area contributed by atoms with Gasteiger partial charge in [-0.1, -0.05) is 0 Å². The number of methoxy groups -OCH3 is 1. The topological polar surface area (TPSA) is 50.3 Å². The molecule has 5 nitrogen and oxygen atoms in total. The van der Waals surface area contributed by atoms with Crippen LogP contribution in [-0.2, 0) is 11.3 Å². The van der Waals surface area contributed by atoms with Crippen LogP contribution in [0.1, 0.15) is 32.4 Å². The summed E-state index contributed by atoms with van der Waals surface area (Å²) >= 11 is 0. The van der Waals surface area contributed by atoms with Crippen LogP contribution in [-0.4, -0.2) is 42.5 Å². The predicted molar refractivity (Wildman–Crippen MR) is 76.3 cm³/mol. The maximum Gasteiger partial charge on any atom is 0.151 e. The highest BCUT2D eigenvalue weighted by Crippen LogP contribution is 2.19. The van der Waals surface area contributed by atoms with Gasteiger partial charge in [-0.05, 0) is 38.8 Å². The van der Waals surface area contributed by atoms with Crippen molar-refractivity contribution in [3.05, 3.63) is 17.8 Å². The Bertz CT molecular complexity index is 376. The van der Waals surface area contributed by atoms with Crippen LogP contribution in [0.15, 0.2) is 12.1 Å². The summed E-state index contributed by atoms with van der Waals surface area (Å²) in [5, 5.41) is 12.1. The average Bonchev–Trinajstić information content (AvgIpc) is 3.22. The first-order chi connectivity index (χ1) is 9.20. The van der Waals surface area contributed by atoms with Crippen molar-refractivity contribution in [3.63, 3.8) is 0 Å². The molecular formula is C14H24N4O. The van der Waals surface area contributed by atoms with Crippen molar-refractivity contribution in [1.82, 2.24) is 15.5 Å². The molecule has 0 radical (unpaired) electrons. The standard InChI is InChI=1S/C14H24N4O/c1-11(2)18(8-9-19-3)14-7-6-13(16-17-14)10-15-12-4-5-12/h6-7,11-12,15H,4-5,8-10H2,1-3H3. The average molecular weight is 264 g/mol. The number of nitrogens with one attached hydrogen (secondary N) is 1. The Morgan fingerprint density at radius 2 is 2.16 bits per heavy atom. The summed E-state index contributed by atoms with van der Waals surface area (Å²) in [6.07, 6.45) is 2.59. The van der Waals surface area contributed by atoms with Crippen LogP contribution in [0.5, 0.6) is 0 Å². The number of ether oxygens (including phenoxy) is 1. The lowest BCUT2D eigenvalue weighted by molar-refractivity contribution is 0.203. The summed E-state index contributed by atoms with van der Waals surface area (Å²) < 4.78 is 5.14. The van der Waals surface area contributed by atoms with Crippen LogP contribution in [0.3, 0.4) is 0 Å². The molecule has 106 valence electrons. The van der Waals surface area contributed by atoms with Gasteiger partial charge in [0.05, 0.1) is 12.3 Å². The summed E-state index contributed by atoms with van der Waals surface area (Å²) in [6.45, 7) is 6.66. The molecule has 1 fully saturated rings. The third-order valence-corrected chi connectivity index (χ3v) is 3.31. The van der Waals surface area contributed by atoms with Gasteiger partial charge in [-0.2, -0.15) is 5.10 Å². The van der Waals surface area contributed by atoms with E-state index < -0.39 is 0 Å². The first-order valence-corrected chi connectivity index (χ1v) is 7.02. The third-order valence-electron chi connectivity index (χ3n) is 3.31. The fourth-order valence-corrected chi connectivity index (χ4v) is 1.96. The van der Waals surface area contributed by atoms with E-state index in [0.717, 1.165) is 24.6 Å². The van der Waals surface area contributed by atoms with Crippen LogP contribution in [0.4, 0.5) is 5.82 Å². The normalized spacial score (nSPS) is 14.9. The SMILES string of the molecule is COCCN(c1ccc(CNC2CC2)nn1)C(C)C. The van der Waals surface area contributed by atoms with Crippen LogP contribution in [0, 0.1) is 0 Å². The lowest BCUT2D eigenvalue weighted by atomic mass is 10.3. The molecule has 0 saturated heterocycles. The quantitative estimate of drug-likeness (QED) is 0.772. The summed E-state index contributed by atoms with van der Waals surface area (Å²) in [7, 11) is 1.72. The minimum atomic E-state index is 0.389. The van der Waals surface area contributed by atoms with E-state index in [9.17, 15) is 0 Å². The Kier molecular flexibility index (Phi) is 5.10. The summed E-state index contributed by atoms with van der Waals surface area (Å²) in [5.74, 6) is 0.919. The Balaban J connectivity index is 1.93. The van der Waals surface area contributed by atoms with E-state index in [0.29, 0.717) is 18.7 Å². The second-order valence-corrected chi connectivity index (χ2v) is 5.32. The van der Waals surface area contributed by atoms with Gasteiger partial charge in [0.15, 0.2) is 5.82 Å². The summed E-state index contributed by atoms with van der Waals surface area (Å²) in [4.78, 5) is 2.20. The Morgan fingerprint density at radius 1 is 1.37 bits per heavy atom. The lowest BCUT2D eigenvalue weighted by Crippen LogP contribution is -2.34. The van der Waals surface area contributed by atoms with E-state index in [2.05, 4.69) is 40.3 Å². The van der Waals surface area contributed by atoms with Crippen LogP contribution < -0.4 is 10.2 Å². The zero-order valence-corrected chi connectivity index (χ0v) is 12.1. The van der Waals surface area contributed by atoms with E-state index in [1.807, 2.05) is 6.07 Å². The molecule has 0 aliphatic heterocycles. The van der Waals surface area contributed by atoms with E-state index >= 15 is 0 Å². The maximum absolute atomic E-state index is 5.14. The predicted octanol–water partition coefficient (Wildman–Crippen LogP) is 1.59. The van der Waals surface area contributed by atoms with Gasteiger partial charge in [0.25, 0.3) is 0 Å². The van der Waals surface area contributed by atoms with Gasteiger partial charge in [0.2, 0.25) is 0 Å². The molecule has 0 bridgehead atoms. The number of hydrogen-bond acceptors (Lipinski definition) is 5. The molecule has 1 aliphatic rings. The van der Waals surface area contributed by atoms with E-state index in [4.69, 9.17) is 4.74 Å². The Morgan fingerprint density at radius 3 is 2.68 bits per heavy atom. The van der Waals surface area contributed by atoms with Gasteiger partial charge in [-0.3, -0.25) is 0 Å². The van der Waals surface area contributed by atoms with Crippen LogP contribution in [0.2, 0.25) is 0 Å². The Hall–Kier alpha value is -1.20. The van der Waals surface area contributed by atoms with Gasteiger partial charge >= 0.3 is 0 Å². The summed E-state index contributed by atoms with van der Waals surface area (Å²) in [6, 6.07) is 5.20. The van der Waals surface area contributed by atoms with Crippen molar-refractivity contribution in [3.8, 4) is 0 Å². The number of nitrogens with zero attached hydrogens (tertiary/aromatic N) is 3. The van der Waals surface area contributed by atoms with Crippen molar-refractivity contribution >= 4 is 5.82 Å². The zero-order valence-electron chi connectivity index (χ0n) is 12.1. The highest BCUT2D eigenvalue weighted by molar-refractivity contribution is 5.38. The number of anilines is 1. The molecular weight excluding hydrogens is 240 g/mol. The first-order valence-electron chi connectivity index (χ1n) is 7.02. The van der Waals surface area contributed by atoms with Crippen molar-refractivity contribution in [2.45, 2.75) is 45.3 Å². The van der Waals surface area contributed by atoms with Gasteiger partial charge in [0.1, 0.15) is 0 Å². The number of aromatic nitrogens is 2. The minimum Gasteiger partial charge on any atom is -0.383 e. The number of hydrogen-bond donors (Lipinski definition) is 1. The molecule has 0 aromatic carbocycles. The van der Waals surface area contributed by atoms with Crippen molar-refractivity contribution < 1.29 is 4.74 Å². The summed E-state index contributed by atoms with van der Waals surface area (Å²) in [5.41, 5.74) is 1.01. The number of rotatable bonds is 8. The molecule has 1 aromatic rings. The zero-order chi connectivity index (χ0) is 13.7. The molecule has 1 aromatic heterocycles. The molecule has 1 aliphatic carbocycles. The molecule has 19 heavy (non-hydrogen) atoms. The van der Waals surface area contributed by atoms with Gasteiger partial charge in [-0.25, -0.2) is 0 Å².